The first-order chi connectivity index (χ1) is 17.2. The fourth-order valence-corrected chi connectivity index (χ4v) is 4.64. The van der Waals surface area contributed by atoms with E-state index in [-0.39, 0.29) is 6.04 Å². The average Bonchev–Trinajstić information content (AvgIpc) is 2.89. The van der Waals surface area contributed by atoms with Crippen LogP contribution in [0.3, 0.4) is 0 Å². The van der Waals surface area contributed by atoms with Crippen LogP contribution in [-0.2, 0) is 11.3 Å². The molecule has 0 spiro atoms. The minimum Gasteiger partial charge on any atom is -0.391 e. The van der Waals surface area contributed by atoms with E-state index >= 15 is 0 Å². The fourth-order valence-electron chi connectivity index (χ4n) is 4.64. The molecule has 35 heavy (non-hydrogen) atoms. The van der Waals surface area contributed by atoms with Gasteiger partial charge in [-0.25, -0.2) is 0 Å². The summed E-state index contributed by atoms with van der Waals surface area (Å²) >= 11 is 0. The number of hydrogen-bond donors (Lipinski definition) is 1. The maximum Gasteiger partial charge on any atom is 0.145 e. The van der Waals surface area contributed by atoms with Gasteiger partial charge in [0.2, 0.25) is 0 Å². The van der Waals surface area contributed by atoms with Gasteiger partial charge in [-0.05, 0) is 61.6 Å². The van der Waals surface area contributed by atoms with Gasteiger partial charge in [-0.2, -0.15) is 5.26 Å². The van der Waals surface area contributed by atoms with Crippen molar-refractivity contribution in [2.45, 2.75) is 96.6 Å². The highest BCUT2D eigenvalue weighted by Gasteiger charge is 2.24. The van der Waals surface area contributed by atoms with Gasteiger partial charge in [-0.1, -0.05) is 93.9 Å². The Labute approximate surface area is 213 Å². The van der Waals surface area contributed by atoms with Gasteiger partial charge in [0.1, 0.15) is 12.3 Å². The van der Waals surface area contributed by atoms with E-state index in [9.17, 15) is 10.1 Å². The zero-order valence-corrected chi connectivity index (χ0v) is 21.8. The molecule has 1 N–H and O–H groups in total. The van der Waals surface area contributed by atoms with Crippen molar-refractivity contribution in [1.82, 2.24) is 10.2 Å². The van der Waals surface area contributed by atoms with Crippen molar-refractivity contribution in [3.05, 3.63) is 71.5 Å². The second-order valence-corrected chi connectivity index (χ2v) is 9.68. The van der Waals surface area contributed by atoms with Crippen molar-refractivity contribution in [1.29, 1.82) is 5.26 Å². The predicted octanol–water partition coefficient (Wildman–Crippen LogP) is 7.25. The lowest BCUT2D eigenvalue weighted by molar-refractivity contribution is -0.104. The van der Waals surface area contributed by atoms with Crippen LogP contribution in [0.1, 0.15) is 89.5 Å². The van der Waals surface area contributed by atoms with Gasteiger partial charge in [0.15, 0.2) is 0 Å². The Bertz CT molecular complexity index is 835. The van der Waals surface area contributed by atoms with E-state index in [1.54, 1.807) is 6.92 Å². The molecule has 0 fully saturated rings. The maximum atomic E-state index is 10.5. The Hall–Kier alpha value is -2.64. The molecular formula is C31H45N3O. The van der Waals surface area contributed by atoms with E-state index in [0.717, 1.165) is 44.3 Å². The van der Waals surface area contributed by atoms with Gasteiger partial charge in [0.05, 0.1) is 6.07 Å². The van der Waals surface area contributed by atoms with E-state index in [2.05, 4.69) is 46.6 Å². The lowest BCUT2D eigenvalue weighted by Gasteiger charge is -2.32. The summed E-state index contributed by atoms with van der Waals surface area (Å²) in [6.07, 6.45) is 23.9. The Morgan fingerprint density at radius 1 is 1.03 bits per heavy atom. The second kappa shape index (κ2) is 18.7. The van der Waals surface area contributed by atoms with E-state index in [1.165, 1.54) is 75.3 Å². The minimum absolute atomic E-state index is 0.0568. The van der Waals surface area contributed by atoms with Crippen LogP contribution in [0, 0.1) is 11.3 Å². The Morgan fingerprint density at radius 2 is 1.69 bits per heavy atom. The summed E-state index contributed by atoms with van der Waals surface area (Å²) in [4.78, 5) is 12.8. The van der Waals surface area contributed by atoms with Crippen molar-refractivity contribution < 1.29 is 4.79 Å². The van der Waals surface area contributed by atoms with Gasteiger partial charge < -0.3 is 5.32 Å². The molecule has 1 atom stereocenters. The molecule has 4 nitrogen and oxygen atoms in total. The highest BCUT2D eigenvalue weighted by Crippen LogP contribution is 2.25. The third-order valence-corrected chi connectivity index (χ3v) is 6.69. The third-order valence-electron chi connectivity index (χ3n) is 6.69. The molecule has 190 valence electrons. The number of allylic oxidation sites excluding steroid dienone is 3. The van der Waals surface area contributed by atoms with Crippen LogP contribution in [0.5, 0.6) is 0 Å². The lowest BCUT2D eigenvalue weighted by Crippen LogP contribution is -2.38. The molecule has 1 heterocycles. The zero-order chi connectivity index (χ0) is 25.0. The van der Waals surface area contributed by atoms with Crippen LogP contribution in [0.2, 0.25) is 0 Å². The highest BCUT2D eigenvalue weighted by atomic mass is 16.1. The number of nitrogens with one attached hydrogen (secondary N) is 1. The molecule has 0 saturated carbocycles. The number of aldehydes is 1. The third kappa shape index (κ3) is 12.6. The molecule has 0 radical (unpaired) electrons. The summed E-state index contributed by atoms with van der Waals surface area (Å²) < 4.78 is 0. The molecule has 4 heteroatoms. The quantitative estimate of drug-likeness (QED) is 0.0798. The van der Waals surface area contributed by atoms with E-state index in [1.807, 2.05) is 24.4 Å². The van der Waals surface area contributed by atoms with Gasteiger partial charge >= 0.3 is 0 Å². The Balaban J connectivity index is 1.45. The number of carbonyl (C=O) groups excluding carboxylic acids is 1. The number of carbonyl (C=O) groups is 1. The first kappa shape index (κ1) is 28.6. The number of hydrogen-bond acceptors (Lipinski definition) is 4. The van der Waals surface area contributed by atoms with Crippen molar-refractivity contribution in [3.63, 3.8) is 0 Å². The van der Waals surface area contributed by atoms with Crippen molar-refractivity contribution in [3.8, 4) is 6.07 Å². The number of benzene rings is 1. The van der Waals surface area contributed by atoms with Crippen LogP contribution < -0.4 is 5.32 Å². The number of nitrogens with zero attached hydrogens (tertiary/aromatic N) is 2. The normalized spacial score (nSPS) is 16.7. The second-order valence-electron chi connectivity index (χ2n) is 9.68. The zero-order valence-electron chi connectivity index (χ0n) is 21.8. The van der Waals surface area contributed by atoms with Crippen molar-refractivity contribution in [2.75, 3.05) is 13.1 Å². The minimum atomic E-state index is -0.0568. The molecule has 0 bridgehead atoms. The standard InChI is InChI=1S/C31H45N3O/c1-28(27-35)17-15-23-33-22-14-9-7-5-3-2-4-6-8-13-20-30-21-16-24-34(31(30)25-32)26-29-18-11-10-12-19-29/h10-12,15,17-19,21,23,27,31,33H,2-9,13-14,16,20,22,24,26H2,1H3/b23-15+,28-17+. The summed E-state index contributed by atoms with van der Waals surface area (Å²) in [7, 11) is 0. The SMILES string of the molecule is C/C(C=O)=C\C=C\NCCCCCCCCCCCCC1=CCCN(Cc2ccccc2)C1C#N. The largest absolute Gasteiger partial charge is 0.391 e. The molecule has 1 aliphatic rings. The van der Waals surface area contributed by atoms with Crippen LogP contribution in [-0.4, -0.2) is 30.3 Å². The molecule has 1 aromatic rings. The molecule has 0 saturated heterocycles. The molecule has 0 aromatic heterocycles. The number of rotatable bonds is 18. The van der Waals surface area contributed by atoms with Gasteiger partial charge in [-0.3, -0.25) is 9.69 Å². The molecule has 0 amide bonds. The van der Waals surface area contributed by atoms with Crippen LogP contribution >= 0.6 is 0 Å². The topological polar surface area (TPSA) is 56.1 Å². The smallest absolute Gasteiger partial charge is 0.145 e. The Morgan fingerprint density at radius 3 is 2.34 bits per heavy atom. The molecule has 0 aliphatic carbocycles. The summed E-state index contributed by atoms with van der Waals surface area (Å²) in [5.41, 5.74) is 3.37. The summed E-state index contributed by atoms with van der Waals surface area (Å²) in [6, 6.07) is 13.0. The summed E-state index contributed by atoms with van der Waals surface area (Å²) in [6.45, 7) is 4.64. The van der Waals surface area contributed by atoms with Crippen LogP contribution in [0.15, 0.2) is 65.9 Å². The predicted molar refractivity (Wildman–Crippen MR) is 147 cm³/mol. The molecular weight excluding hydrogens is 430 g/mol. The van der Waals surface area contributed by atoms with E-state index in [4.69, 9.17) is 0 Å². The summed E-state index contributed by atoms with van der Waals surface area (Å²) in [5, 5.41) is 13.1. The first-order valence-corrected chi connectivity index (χ1v) is 13.6. The van der Waals surface area contributed by atoms with Gasteiger partial charge in [-0.15, -0.1) is 0 Å². The average molecular weight is 476 g/mol. The van der Waals surface area contributed by atoms with Crippen molar-refractivity contribution in [2.24, 2.45) is 0 Å². The van der Waals surface area contributed by atoms with E-state index in [0.29, 0.717) is 0 Å². The van der Waals surface area contributed by atoms with Crippen LogP contribution in [0.25, 0.3) is 0 Å². The Kier molecular flexibility index (Phi) is 15.2. The number of unbranched alkanes of at least 4 members (excludes halogenated alkanes) is 9. The maximum absolute atomic E-state index is 10.5. The molecule has 1 aromatic carbocycles. The van der Waals surface area contributed by atoms with Gasteiger partial charge in [0.25, 0.3) is 0 Å². The lowest BCUT2D eigenvalue weighted by atomic mass is 9.94. The molecule has 2 rings (SSSR count). The highest BCUT2D eigenvalue weighted by molar-refractivity contribution is 5.72. The monoisotopic (exact) mass is 475 g/mol. The number of nitriles is 1. The summed E-state index contributed by atoms with van der Waals surface area (Å²) in [5.74, 6) is 0. The van der Waals surface area contributed by atoms with Crippen molar-refractivity contribution >= 4 is 6.29 Å². The van der Waals surface area contributed by atoms with Crippen LogP contribution in [0.4, 0.5) is 0 Å². The van der Waals surface area contributed by atoms with E-state index < -0.39 is 0 Å². The van der Waals surface area contributed by atoms with Gasteiger partial charge in [0, 0.05) is 19.6 Å². The fraction of sp³-hybridized carbons (Fsp3) is 0.548. The molecule has 1 aliphatic heterocycles. The first-order valence-electron chi connectivity index (χ1n) is 13.6. The molecule has 1 unspecified atom stereocenters.